The third-order valence-electron chi connectivity index (χ3n) is 1.79. The van der Waals surface area contributed by atoms with Crippen molar-refractivity contribution in [2.75, 3.05) is 17.1 Å². The zero-order chi connectivity index (χ0) is 12.2. The fourth-order valence-electron chi connectivity index (χ4n) is 0.971. The summed E-state index contributed by atoms with van der Waals surface area (Å²) in [7, 11) is -3.36. The number of carbonyl (C=O) groups is 1. The second kappa shape index (κ2) is 5.31. The van der Waals surface area contributed by atoms with Crippen molar-refractivity contribution in [3.8, 4) is 0 Å². The van der Waals surface area contributed by atoms with E-state index in [0.29, 0.717) is 5.00 Å². The first-order chi connectivity index (χ1) is 7.50. The monoisotopic (exact) mass is 263 g/mol. The number of ether oxygens (including phenoxy) is 1. The van der Waals surface area contributed by atoms with Gasteiger partial charge in [0.1, 0.15) is 5.00 Å². The summed E-state index contributed by atoms with van der Waals surface area (Å²) < 4.78 is 29.8. The molecule has 0 aliphatic rings. The number of thiophene rings is 1. The Balaban J connectivity index is 2.91. The number of sulfonamides is 1. The Bertz CT molecular complexity index is 464. The minimum Gasteiger partial charge on any atom is -0.462 e. The molecule has 0 amide bonds. The molecule has 90 valence electrons. The fraction of sp³-hybridized carbons (Fsp3) is 0.444. The van der Waals surface area contributed by atoms with E-state index in [1.807, 2.05) is 0 Å². The molecule has 0 spiro atoms. The number of esters is 1. The summed E-state index contributed by atoms with van der Waals surface area (Å²) in [6.45, 7) is 3.48. The van der Waals surface area contributed by atoms with Gasteiger partial charge in [-0.15, -0.1) is 11.3 Å². The summed E-state index contributed by atoms with van der Waals surface area (Å²) in [4.78, 5) is 11.5. The average Bonchev–Trinajstić information content (AvgIpc) is 2.65. The van der Waals surface area contributed by atoms with Crippen LogP contribution in [0.15, 0.2) is 11.4 Å². The molecule has 0 radical (unpaired) electrons. The minimum absolute atomic E-state index is 0.0346. The van der Waals surface area contributed by atoms with E-state index in [1.165, 1.54) is 13.0 Å². The summed E-state index contributed by atoms with van der Waals surface area (Å²) in [5.41, 5.74) is 0.254. The quantitative estimate of drug-likeness (QED) is 0.820. The lowest BCUT2D eigenvalue weighted by Crippen LogP contribution is -2.16. The molecular formula is C9H13NO4S2. The predicted molar refractivity (Wildman–Crippen MR) is 63.4 cm³/mol. The molecule has 0 atom stereocenters. The third-order valence-corrected chi connectivity index (χ3v) is 4.02. The molecule has 0 aliphatic carbocycles. The van der Waals surface area contributed by atoms with Gasteiger partial charge < -0.3 is 4.74 Å². The fourth-order valence-corrected chi connectivity index (χ4v) is 2.70. The van der Waals surface area contributed by atoms with Crippen molar-refractivity contribution in [3.05, 3.63) is 17.0 Å². The van der Waals surface area contributed by atoms with Crippen LogP contribution in [0.4, 0.5) is 5.00 Å². The van der Waals surface area contributed by atoms with E-state index in [2.05, 4.69) is 4.72 Å². The van der Waals surface area contributed by atoms with Crippen molar-refractivity contribution >= 4 is 32.3 Å². The molecule has 0 aromatic carbocycles. The van der Waals surface area contributed by atoms with E-state index < -0.39 is 16.0 Å². The highest BCUT2D eigenvalue weighted by atomic mass is 32.2. The molecule has 0 bridgehead atoms. The molecule has 0 aliphatic heterocycles. The summed E-state index contributed by atoms with van der Waals surface area (Å²) >= 11 is 1.15. The topological polar surface area (TPSA) is 72.5 Å². The maximum atomic E-state index is 11.5. The molecule has 1 aromatic heterocycles. The Morgan fingerprint density at radius 3 is 2.75 bits per heavy atom. The van der Waals surface area contributed by atoms with Gasteiger partial charge in [0.25, 0.3) is 0 Å². The Labute approximate surface area is 98.5 Å². The normalized spacial score (nSPS) is 11.1. The number of carbonyl (C=O) groups excluding carboxylic acids is 1. The van der Waals surface area contributed by atoms with Crippen molar-refractivity contribution in [1.29, 1.82) is 0 Å². The molecule has 0 fully saturated rings. The van der Waals surface area contributed by atoms with Crippen molar-refractivity contribution in [2.45, 2.75) is 13.8 Å². The van der Waals surface area contributed by atoms with E-state index in [9.17, 15) is 13.2 Å². The van der Waals surface area contributed by atoms with Gasteiger partial charge in [-0.2, -0.15) is 0 Å². The molecule has 7 heteroatoms. The minimum atomic E-state index is -3.36. The lowest BCUT2D eigenvalue weighted by molar-refractivity contribution is 0.0528. The first kappa shape index (κ1) is 13.0. The molecule has 0 saturated carbocycles. The van der Waals surface area contributed by atoms with Crippen LogP contribution in [-0.4, -0.2) is 26.7 Å². The third kappa shape index (κ3) is 3.21. The molecular weight excluding hydrogens is 250 g/mol. The van der Waals surface area contributed by atoms with E-state index in [-0.39, 0.29) is 17.9 Å². The van der Waals surface area contributed by atoms with Crippen LogP contribution in [0.1, 0.15) is 24.2 Å². The molecule has 1 heterocycles. The maximum Gasteiger partial charge on any atom is 0.341 e. The van der Waals surface area contributed by atoms with Crippen LogP contribution in [0.25, 0.3) is 0 Å². The molecule has 1 N–H and O–H groups in total. The summed E-state index contributed by atoms with van der Waals surface area (Å²) in [5, 5.41) is 1.94. The van der Waals surface area contributed by atoms with Crippen LogP contribution in [0, 0.1) is 0 Å². The van der Waals surface area contributed by atoms with Gasteiger partial charge in [0, 0.05) is 0 Å². The highest BCUT2D eigenvalue weighted by molar-refractivity contribution is 7.92. The Hall–Kier alpha value is -1.08. The lowest BCUT2D eigenvalue weighted by Gasteiger charge is -2.06. The van der Waals surface area contributed by atoms with E-state index in [4.69, 9.17) is 4.74 Å². The standard InChI is InChI=1S/C9H13NO4S2/c1-3-14-9(11)7-5-6-15-8(7)10-16(12,13)4-2/h5-6,10H,3-4H2,1-2H3. The zero-order valence-corrected chi connectivity index (χ0v) is 10.7. The molecule has 0 saturated heterocycles. The first-order valence-corrected chi connectivity index (χ1v) is 7.28. The largest absolute Gasteiger partial charge is 0.462 e. The second-order valence-corrected chi connectivity index (χ2v) is 5.82. The molecule has 0 unspecified atom stereocenters. The molecule has 16 heavy (non-hydrogen) atoms. The number of hydrogen-bond donors (Lipinski definition) is 1. The van der Waals surface area contributed by atoms with Gasteiger partial charge in [-0.25, -0.2) is 13.2 Å². The molecule has 1 rings (SSSR count). The van der Waals surface area contributed by atoms with Gasteiger partial charge in [0.05, 0.1) is 17.9 Å². The van der Waals surface area contributed by atoms with E-state index >= 15 is 0 Å². The zero-order valence-electron chi connectivity index (χ0n) is 9.02. The van der Waals surface area contributed by atoms with Gasteiger partial charge in [0.2, 0.25) is 10.0 Å². The average molecular weight is 263 g/mol. The lowest BCUT2D eigenvalue weighted by atomic mass is 10.3. The summed E-state index contributed by atoms with van der Waals surface area (Å²) in [6.07, 6.45) is 0. The van der Waals surface area contributed by atoms with Crippen LogP contribution < -0.4 is 4.72 Å². The van der Waals surface area contributed by atoms with Gasteiger partial charge in [-0.3, -0.25) is 4.72 Å². The predicted octanol–water partition coefficient (Wildman–Crippen LogP) is 1.69. The smallest absolute Gasteiger partial charge is 0.341 e. The highest BCUT2D eigenvalue weighted by Gasteiger charge is 2.17. The van der Waals surface area contributed by atoms with Crippen molar-refractivity contribution in [3.63, 3.8) is 0 Å². The molecule has 1 aromatic rings. The SMILES string of the molecule is CCOC(=O)c1ccsc1NS(=O)(=O)CC. The number of nitrogens with one attached hydrogen (secondary N) is 1. The van der Waals surface area contributed by atoms with Crippen LogP contribution in [0.5, 0.6) is 0 Å². The van der Waals surface area contributed by atoms with Crippen LogP contribution >= 0.6 is 11.3 Å². The second-order valence-electron chi connectivity index (χ2n) is 2.89. The van der Waals surface area contributed by atoms with E-state index in [0.717, 1.165) is 11.3 Å². The Kier molecular flexibility index (Phi) is 4.31. The first-order valence-electron chi connectivity index (χ1n) is 4.75. The van der Waals surface area contributed by atoms with E-state index in [1.54, 1.807) is 12.3 Å². The number of rotatable bonds is 5. The number of hydrogen-bond acceptors (Lipinski definition) is 5. The van der Waals surface area contributed by atoms with Crippen LogP contribution in [0.3, 0.4) is 0 Å². The van der Waals surface area contributed by atoms with Gasteiger partial charge in [0.15, 0.2) is 0 Å². The van der Waals surface area contributed by atoms with Crippen molar-refractivity contribution in [2.24, 2.45) is 0 Å². The van der Waals surface area contributed by atoms with Crippen molar-refractivity contribution in [1.82, 2.24) is 0 Å². The Morgan fingerprint density at radius 1 is 1.50 bits per heavy atom. The van der Waals surface area contributed by atoms with Crippen LogP contribution in [-0.2, 0) is 14.8 Å². The summed E-state index contributed by atoms with van der Waals surface area (Å²) in [5.74, 6) is -0.551. The summed E-state index contributed by atoms with van der Waals surface area (Å²) in [6, 6.07) is 1.54. The van der Waals surface area contributed by atoms with Crippen LogP contribution in [0.2, 0.25) is 0 Å². The van der Waals surface area contributed by atoms with Gasteiger partial charge >= 0.3 is 5.97 Å². The maximum absolute atomic E-state index is 11.5. The highest BCUT2D eigenvalue weighted by Crippen LogP contribution is 2.25. The molecule has 5 nitrogen and oxygen atoms in total. The van der Waals surface area contributed by atoms with Gasteiger partial charge in [-0.05, 0) is 25.3 Å². The van der Waals surface area contributed by atoms with Crippen molar-refractivity contribution < 1.29 is 17.9 Å². The number of anilines is 1. The van der Waals surface area contributed by atoms with Gasteiger partial charge in [-0.1, -0.05) is 0 Å². The Morgan fingerprint density at radius 2 is 2.19 bits per heavy atom.